The second kappa shape index (κ2) is 10.9. The van der Waals surface area contributed by atoms with Crippen molar-refractivity contribution in [2.75, 3.05) is 13.7 Å². The average Bonchev–Trinajstić information content (AvgIpc) is 2.71. The molecule has 0 atom stereocenters. The molecule has 0 heterocycles. The molecule has 0 bridgehead atoms. The summed E-state index contributed by atoms with van der Waals surface area (Å²) >= 11 is 11.6. The van der Waals surface area contributed by atoms with E-state index in [-0.39, 0.29) is 22.8 Å². The first-order valence-electron chi connectivity index (χ1n) is 7.96. The lowest BCUT2D eigenvalue weighted by Gasteiger charge is -2.12. The SMILES string of the molecule is COC(=O)c1cccc(C(=O)NC(=S)NNC(=O)COc2ccc(Br)cc2Br)c1. The van der Waals surface area contributed by atoms with E-state index in [4.69, 9.17) is 17.0 Å². The highest BCUT2D eigenvalue weighted by Gasteiger charge is 2.12. The molecule has 8 nitrogen and oxygen atoms in total. The monoisotopic (exact) mass is 543 g/mol. The number of hydrogen-bond acceptors (Lipinski definition) is 6. The van der Waals surface area contributed by atoms with Crippen molar-refractivity contribution >= 4 is 67.0 Å². The van der Waals surface area contributed by atoms with Crippen molar-refractivity contribution in [3.8, 4) is 5.75 Å². The van der Waals surface area contributed by atoms with Crippen molar-refractivity contribution in [3.05, 3.63) is 62.5 Å². The van der Waals surface area contributed by atoms with Crippen LogP contribution < -0.4 is 20.9 Å². The molecule has 0 saturated heterocycles. The Morgan fingerprint density at radius 3 is 2.45 bits per heavy atom. The summed E-state index contributed by atoms with van der Waals surface area (Å²) in [6.07, 6.45) is 0. The van der Waals surface area contributed by atoms with Crippen molar-refractivity contribution in [1.82, 2.24) is 16.2 Å². The molecule has 2 aromatic rings. The largest absolute Gasteiger partial charge is 0.483 e. The number of halogens is 2. The number of methoxy groups -OCH3 is 1. The lowest BCUT2D eigenvalue weighted by molar-refractivity contribution is -0.123. The number of ether oxygens (including phenoxy) is 2. The molecule has 152 valence electrons. The fraction of sp³-hybridized carbons (Fsp3) is 0.111. The van der Waals surface area contributed by atoms with Gasteiger partial charge in [-0.05, 0) is 64.5 Å². The van der Waals surface area contributed by atoms with Crippen LogP contribution in [0.3, 0.4) is 0 Å². The number of carbonyl (C=O) groups is 3. The maximum absolute atomic E-state index is 12.2. The second-order valence-corrected chi connectivity index (χ2v) is 7.57. The van der Waals surface area contributed by atoms with Gasteiger partial charge < -0.3 is 9.47 Å². The van der Waals surface area contributed by atoms with Gasteiger partial charge in [-0.3, -0.25) is 25.8 Å². The number of thiocarbonyl (C=S) groups is 1. The molecular weight excluding hydrogens is 530 g/mol. The van der Waals surface area contributed by atoms with Crippen molar-refractivity contribution in [2.45, 2.75) is 0 Å². The van der Waals surface area contributed by atoms with Gasteiger partial charge in [-0.1, -0.05) is 22.0 Å². The first-order valence-corrected chi connectivity index (χ1v) is 9.96. The highest BCUT2D eigenvalue weighted by Crippen LogP contribution is 2.28. The van der Waals surface area contributed by atoms with Crippen LogP contribution in [0.2, 0.25) is 0 Å². The third-order valence-corrected chi connectivity index (χ3v) is 4.66. The summed E-state index contributed by atoms with van der Waals surface area (Å²) in [5.74, 6) is -1.14. The summed E-state index contributed by atoms with van der Waals surface area (Å²) in [6, 6.07) is 11.2. The summed E-state index contributed by atoms with van der Waals surface area (Å²) in [6.45, 7) is -0.273. The van der Waals surface area contributed by atoms with Gasteiger partial charge in [0.25, 0.3) is 11.8 Å². The molecule has 0 fully saturated rings. The third kappa shape index (κ3) is 7.11. The van der Waals surface area contributed by atoms with Crippen molar-refractivity contribution in [1.29, 1.82) is 0 Å². The molecule has 0 saturated carbocycles. The van der Waals surface area contributed by atoms with Gasteiger partial charge in [-0.15, -0.1) is 0 Å². The maximum atomic E-state index is 12.2. The fourth-order valence-corrected chi connectivity index (χ4v) is 3.32. The number of carbonyl (C=O) groups excluding carboxylic acids is 3. The molecule has 2 rings (SSSR count). The molecule has 0 aliphatic carbocycles. The number of amides is 2. The highest BCUT2D eigenvalue weighted by molar-refractivity contribution is 9.11. The molecule has 0 spiro atoms. The Balaban J connectivity index is 1.81. The van der Waals surface area contributed by atoms with Crippen LogP contribution in [0.4, 0.5) is 0 Å². The van der Waals surface area contributed by atoms with Crippen LogP contribution in [0.15, 0.2) is 51.4 Å². The smallest absolute Gasteiger partial charge is 0.337 e. The van der Waals surface area contributed by atoms with E-state index in [1.165, 1.54) is 31.4 Å². The van der Waals surface area contributed by atoms with Gasteiger partial charge in [0.1, 0.15) is 5.75 Å². The van der Waals surface area contributed by atoms with Crippen LogP contribution in [0.1, 0.15) is 20.7 Å². The van der Waals surface area contributed by atoms with E-state index in [1.807, 2.05) is 0 Å². The molecule has 0 aliphatic rings. The van der Waals surface area contributed by atoms with Gasteiger partial charge in [0.15, 0.2) is 11.7 Å². The first-order chi connectivity index (χ1) is 13.8. The van der Waals surface area contributed by atoms with Crippen LogP contribution in [0.25, 0.3) is 0 Å². The lowest BCUT2D eigenvalue weighted by Crippen LogP contribution is -2.49. The summed E-state index contributed by atoms with van der Waals surface area (Å²) in [5.41, 5.74) is 5.14. The van der Waals surface area contributed by atoms with E-state index in [0.717, 1.165) is 4.47 Å². The van der Waals surface area contributed by atoms with Crippen molar-refractivity contribution in [2.24, 2.45) is 0 Å². The van der Waals surface area contributed by atoms with Gasteiger partial charge in [0.05, 0.1) is 17.1 Å². The topological polar surface area (TPSA) is 106 Å². The number of rotatable bonds is 5. The minimum atomic E-state index is -0.565. The lowest BCUT2D eigenvalue weighted by atomic mass is 10.1. The predicted octanol–water partition coefficient (Wildman–Crippen LogP) is 2.71. The molecule has 2 amide bonds. The van der Waals surface area contributed by atoms with Gasteiger partial charge in [0.2, 0.25) is 0 Å². The molecule has 0 radical (unpaired) electrons. The molecule has 0 unspecified atom stereocenters. The highest BCUT2D eigenvalue weighted by atomic mass is 79.9. The number of hydrogen-bond donors (Lipinski definition) is 3. The summed E-state index contributed by atoms with van der Waals surface area (Å²) in [5, 5.41) is 2.26. The normalized spacial score (nSPS) is 9.90. The summed E-state index contributed by atoms with van der Waals surface area (Å²) in [4.78, 5) is 35.6. The first kappa shape index (κ1) is 22.8. The second-order valence-electron chi connectivity index (χ2n) is 5.39. The molecular formula is C18H15Br2N3O5S. The fourth-order valence-electron chi connectivity index (χ4n) is 2.01. The molecule has 11 heteroatoms. The number of esters is 1. The minimum Gasteiger partial charge on any atom is -0.483 e. The average molecular weight is 545 g/mol. The van der Waals surface area contributed by atoms with E-state index >= 15 is 0 Å². The quantitative estimate of drug-likeness (QED) is 0.302. The maximum Gasteiger partial charge on any atom is 0.337 e. The molecule has 0 aromatic heterocycles. The zero-order valence-corrected chi connectivity index (χ0v) is 18.9. The van der Waals surface area contributed by atoms with E-state index in [2.05, 4.69) is 52.8 Å². The Bertz CT molecular complexity index is 955. The van der Waals surface area contributed by atoms with Crippen LogP contribution >= 0.6 is 44.1 Å². The molecule has 29 heavy (non-hydrogen) atoms. The Hall–Kier alpha value is -2.50. The molecule has 2 aromatic carbocycles. The van der Waals surface area contributed by atoms with Crippen LogP contribution in [0, 0.1) is 0 Å². The zero-order chi connectivity index (χ0) is 21.4. The van der Waals surface area contributed by atoms with Gasteiger partial charge in [0, 0.05) is 10.0 Å². The van der Waals surface area contributed by atoms with Crippen LogP contribution in [-0.2, 0) is 9.53 Å². The Labute approximate surface area is 188 Å². The van der Waals surface area contributed by atoms with Gasteiger partial charge >= 0.3 is 5.97 Å². The van der Waals surface area contributed by atoms with Crippen molar-refractivity contribution < 1.29 is 23.9 Å². The Morgan fingerprint density at radius 2 is 1.76 bits per heavy atom. The number of benzene rings is 2. The predicted molar refractivity (Wildman–Crippen MR) is 116 cm³/mol. The standard InChI is InChI=1S/C18H15Br2N3O5S/c1-27-17(26)11-4-2-3-10(7-11)16(25)21-18(29)23-22-15(24)9-28-14-6-5-12(19)8-13(14)20/h2-8H,9H2,1H3,(H,22,24)(H2,21,23,25,29). The van der Waals surface area contributed by atoms with Crippen LogP contribution in [-0.4, -0.2) is 36.6 Å². The Morgan fingerprint density at radius 1 is 1.03 bits per heavy atom. The number of nitrogens with one attached hydrogen (secondary N) is 3. The summed E-state index contributed by atoms with van der Waals surface area (Å²) < 4.78 is 11.5. The van der Waals surface area contributed by atoms with Gasteiger partial charge in [-0.2, -0.15) is 0 Å². The third-order valence-electron chi connectivity index (χ3n) is 3.34. The van der Waals surface area contributed by atoms with Crippen LogP contribution in [0.5, 0.6) is 5.75 Å². The summed E-state index contributed by atoms with van der Waals surface area (Å²) in [7, 11) is 1.25. The molecule has 3 N–H and O–H groups in total. The van der Waals surface area contributed by atoms with E-state index < -0.39 is 17.8 Å². The number of hydrazine groups is 1. The van der Waals surface area contributed by atoms with E-state index in [1.54, 1.807) is 18.2 Å². The molecule has 0 aliphatic heterocycles. The van der Waals surface area contributed by atoms with Gasteiger partial charge in [-0.25, -0.2) is 4.79 Å². The minimum absolute atomic E-state index is 0.128. The zero-order valence-electron chi connectivity index (χ0n) is 15.0. The van der Waals surface area contributed by atoms with E-state index in [0.29, 0.717) is 10.2 Å². The Kier molecular flexibility index (Phi) is 8.55. The van der Waals surface area contributed by atoms with Crippen molar-refractivity contribution in [3.63, 3.8) is 0 Å². The van der Waals surface area contributed by atoms with E-state index in [9.17, 15) is 14.4 Å².